The Kier molecular flexibility index (Phi) is 5.16. The molecule has 3 rings (SSSR count). The summed E-state index contributed by atoms with van der Waals surface area (Å²) >= 11 is 5.91. The van der Waals surface area contributed by atoms with Crippen molar-refractivity contribution in [3.8, 4) is 5.75 Å². The number of amides is 1. The molecule has 2 aliphatic rings. The molecule has 0 spiro atoms. The molecule has 0 aromatic heterocycles. The van der Waals surface area contributed by atoms with Crippen LogP contribution in [0.25, 0.3) is 0 Å². The Hall–Kier alpha value is -1.80. The average molecular weight is 405 g/mol. The van der Waals surface area contributed by atoms with Crippen LogP contribution in [0, 0.1) is 18.8 Å². The minimum Gasteiger partial charge on any atom is -0.484 e. The molecule has 27 heavy (non-hydrogen) atoms. The molecule has 0 unspecified atom stereocenters. The summed E-state index contributed by atoms with van der Waals surface area (Å²) in [5.74, 6) is -2.01. The summed E-state index contributed by atoms with van der Waals surface area (Å²) in [6, 6.07) is 4.65. The molecule has 1 aromatic rings. The van der Waals surface area contributed by atoms with Gasteiger partial charge >= 0.3 is 6.18 Å². The van der Waals surface area contributed by atoms with Gasteiger partial charge in [-0.15, -0.1) is 0 Å². The molecule has 1 aromatic carbocycles. The van der Waals surface area contributed by atoms with Gasteiger partial charge in [-0.3, -0.25) is 4.79 Å². The lowest BCUT2D eigenvalue weighted by Gasteiger charge is -2.39. The van der Waals surface area contributed by atoms with Gasteiger partial charge in [-0.25, -0.2) is 0 Å². The van der Waals surface area contributed by atoms with E-state index in [4.69, 9.17) is 16.3 Å². The number of aliphatic hydroxyl groups is 1. The Morgan fingerprint density at radius 1 is 1.48 bits per heavy atom. The number of fused-ring (bicyclic) bond motifs is 1. The van der Waals surface area contributed by atoms with E-state index >= 15 is 0 Å². The van der Waals surface area contributed by atoms with E-state index in [1.807, 2.05) is 6.92 Å². The van der Waals surface area contributed by atoms with E-state index in [1.165, 1.54) is 6.07 Å². The molecule has 0 radical (unpaired) electrons. The van der Waals surface area contributed by atoms with Crippen LogP contribution in [-0.4, -0.2) is 40.2 Å². The van der Waals surface area contributed by atoms with Gasteiger partial charge in [-0.1, -0.05) is 18.5 Å². The fraction of sp³-hybridized carbons (Fsp3) is 0.556. The van der Waals surface area contributed by atoms with Crippen molar-refractivity contribution in [1.82, 2.24) is 5.01 Å². The third-order valence-corrected chi connectivity index (χ3v) is 5.54. The molecule has 3 atom stereocenters. The smallest absolute Gasteiger partial charge is 0.439 e. The molecule has 9 heteroatoms. The molecule has 0 bridgehead atoms. The molecule has 1 N–H and O–H groups in total. The van der Waals surface area contributed by atoms with Crippen LogP contribution in [0.15, 0.2) is 23.3 Å². The molecule has 1 saturated carbocycles. The summed E-state index contributed by atoms with van der Waals surface area (Å²) in [5.41, 5.74) is -2.42. The Morgan fingerprint density at radius 2 is 2.19 bits per heavy atom. The topological polar surface area (TPSA) is 62.1 Å². The number of carbonyl (C=O) groups excluding carboxylic acids is 1. The molecule has 1 aliphatic heterocycles. The summed E-state index contributed by atoms with van der Waals surface area (Å²) in [7, 11) is 0. The van der Waals surface area contributed by atoms with Gasteiger partial charge in [0.2, 0.25) is 0 Å². The lowest BCUT2D eigenvalue weighted by Crippen LogP contribution is -2.62. The Morgan fingerprint density at radius 3 is 2.81 bits per heavy atom. The van der Waals surface area contributed by atoms with Crippen molar-refractivity contribution in [3.63, 3.8) is 0 Å². The first-order chi connectivity index (χ1) is 12.5. The zero-order valence-electron chi connectivity index (χ0n) is 14.9. The zero-order chi connectivity index (χ0) is 20.0. The van der Waals surface area contributed by atoms with Crippen molar-refractivity contribution in [2.24, 2.45) is 16.9 Å². The van der Waals surface area contributed by atoms with Crippen molar-refractivity contribution >= 4 is 23.2 Å². The van der Waals surface area contributed by atoms with E-state index in [1.54, 1.807) is 19.1 Å². The lowest BCUT2D eigenvalue weighted by atomic mass is 9.76. The summed E-state index contributed by atoms with van der Waals surface area (Å²) < 4.78 is 46.5. The number of aryl methyl sites for hydroxylation is 1. The SMILES string of the molecule is Cc1cc(OCC(=O)N2N=C3CC[C@H](C)C[C@@H]3[C@]2(O)C(F)(F)F)ccc1Cl. The molecular formula is C18H20ClF3N2O3. The number of hydrazone groups is 1. The Balaban J connectivity index is 1.81. The molecule has 1 amide bonds. The molecular weight excluding hydrogens is 385 g/mol. The van der Waals surface area contributed by atoms with Crippen LogP contribution in [0.1, 0.15) is 31.7 Å². The fourth-order valence-electron chi connectivity index (χ4n) is 3.57. The highest BCUT2D eigenvalue weighted by Gasteiger charge is 2.68. The third-order valence-electron chi connectivity index (χ3n) is 5.12. The van der Waals surface area contributed by atoms with Gasteiger partial charge in [0.25, 0.3) is 11.6 Å². The molecule has 1 fully saturated rings. The van der Waals surface area contributed by atoms with E-state index in [-0.39, 0.29) is 23.1 Å². The Bertz CT molecular complexity index is 784. The second-order valence-electron chi connectivity index (χ2n) is 7.15. The quantitative estimate of drug-likeness (QED) is 0.830. The normalized spacial score (nSPS) is 28.0. The minimum atomic E-state index is -5.04. The minimum absolute atomic E-state index is 0.00571. The predicted molar refractivity (Wildman–Crippen MR) is 93.5 cm³/mol. The van der Waals surface area contributed by atoms with Gasteiger partial charge in [0.1, 0.15) is 5.75 Å². The molecule has 148 valence electrons. The van der Waals surface area contributed by atoms with E-state index in [9.17, 15) is 23.1 Å². The van der Waals surface area contributed by atoms with Crippen molar-refractivity contribution in [2.75, 3.05) is 6.61 Å². The number of ether oxygens (including phenoxy) is 1. The summed E-state index contributed by atoms with van der Waals surface area (Å²) in [4.78, 5) is 12.5. The number of halogens is 4. The maximum absolute atomic E-state index is 13.7. The first-order valence-electron chi connectivity index (χ1n) is 8.62. The number of alkyl halides is 3. The van der Waals surface area contributed by atoms with E-state index in [0.29, 0.717) is 29.2 Å². The van der Waals surface area contributed by atoms with Crippen LogP contribution < -0.4 is 4.74 Å². The van der Waals surface area contributed by atoms with Crippen LogP contribution in [0.3, 0.4) is 0 Å². The zero-order valence-corrected chi connectivity index (χ0v) is 15.6. The molecule has 5 nitrogen and oxygen atoms in total. The second-order valence-corrected chi connectivity index (χ2v) is 7.56. The van der Waals surface area contributed by atoms with Crippen LogP contribution in [0.5, 0.6) is 5.75 Å². The summed E-state index contributed by atoms with van der Waals surface area (Å²) in [6.07, 6.45) is -3.92. The molecule has 1 heterocycles. The number of hydrogen-bond donors (Lipinski definition) is 1. The number of carbonyl (C=O) groups is 1. The summed E-state index contributed by atoms with van der Waals surface area (Å²) in [6.45, 7) is 2.88. The second kappa shape index (κ2) is 6.98. The van der Waals surface area contributed by atoms with E-state index < -0.39 is 30.3 Å². The Labute approximate surface area is 159 Å². The van der Waals surface area contributed by atoms with Gasteiger partial charge in [0.15, 0.2) is 6.61 Å². The predicted octanol–water partition coefficient (Wildman–Crippen LogP) is 3.91. The summed E-state index contributed by atoms with van der Waals surface area (Å²) in [5, 5.41) is 15.0. The van der Waals surface area contributed by atoms with Crippen molar-refractivity contribution in [2.45, 2.75) is 45.0 Å². The highest BCUT2D eigenvalue weighted by Crippen LogP contribution is 2.49. The number of rotatable bonds is 3. The highest BCUT2D eigenvalue weighted by molar-refractivity contribution is 6.31. The van der Waals surface area contributed by atoms with Crippen molar-refractivity contribution in [1.29, 1.82) is 0 Å². The van der Waals surface area contributed by atoms with E-state index in [2.05, 4.69) is 5.10 Å². The molecule has 0 saturated heterocycles. The van der Waals surface area contributed by atoms with Crippen molar-refractivity contribution < 1.29 is 27.8 Å². The van der Waals surface area contributed by atoms with Gasteiger partial charge in [0, 0.05) is 10.7 Å². The average Bonchev–Trinajstić information content (AvgIpc) is 2.89. The van der Waals surface area contributed by atoms with Gasteiger partial charge in [-0.05, 0) is 55.9 Å². The largest absolute Gasteiger partial charge is 0.484 e. The van der Waals surface area contributed by atoms with E-state index in [0.717, 1.165) is 0 Å². The maximum Gasteiger partial charge on any atom is 0.439 e. The lowest BCUT2D eigenvalue weighted by molar-refractivity contribution is -0.318. The maximum atomic E-state index is 13.7. The fourth-order valence-corrected chi connectivity index (χ4v) is 3.69. The number of hydrogen-bond acceptors (Lipinski definition) is 4. The monoisotopic (exact) mass is 404 g/mol. The van der Waals surface area contributed by atoms with Crippen LogP contribution in [-0.2, 0) is 4.79 Å². The highest BCUT2D eigenvalue weighted by atomic mass is 35.5. The van der Waals surface area contributed by atoms with Crippen molar-refractivity contribution in [3.05, 3.63) is 28.8 Å². The standard InChI is InChI=1S/C18H20ClF3N2O3/c1-10-3-6-15-13(7-10)17(26,18(20,21)22)24(23-15)16(25)9-27-12-4-5-14(19)11(2)8-12/h4-5,8,10,13,26H,3,6-7,9H2,1-2H3/t10-,13-,17-/m0/s1. The van der Waals surface area contributed by atoms with Gasteiger partial charge in [-0.2, -0.15) is 23.3 Å². The first kappa shape index (κ1) is 19.9. The van der Waals surface area contributed by atoms with Crippen LogP contribution >= 0.6 is 11.6 Å². The van der Waals surface area contributed by atoms with Crippen LogP contribution in [0.4, 0.5) is 13.2 Å². The van der Waals surface area contributed by atoms with Crippen LogP contribution in [0.2, 0.25) is 5.02 Å². The number of benzene rings is 1. The van der Waals surface area contributed by atoms with Gasteiger partial charge < -0.3 is 9.84 Å². The molecule has 1 aliphatic carbocycles. The number of nitrogens with zero attached hydrogens (tertiary/aromatic N) is 2. The van der Waals surface area contributed by atoms with Gasteiger partial charge in [0.05, 0.1) is 5.92 Å². The first-order valence-corrected chi connectivity index (χ1v) is 9.00. The third kappa shape index (κ3) is 3.52.